The van der Waals surface area contributed by atoms with Gasteiger partial charge in [-0.15, -0.1) is 0 Å². The van der Waals surface area contributed by atoms with Crippen LogP contribution in [0.4, 0.5) is 11.4 Å². The second kappa shape index (κ2) is 11.0. The quantitative estimate of drug-likeness (QED) is 0.189. The zero-order valence-electron chi connectivity index (χ0n) is 27.8. The van der Waals surface area contributed by atoms with Gasteiger partial charge in [-0.1, -0.05) is 121 Å². The van der Waals surface area contributed by atoms with Crippen LogP contribution in [0.1, 0.15) is 11.5 Å². The summed E-state index contributed by atoms with van der Waals surface area (Å²) in [6.07, 6.45) is 9.07. The fourth-order valence-corrected chi connectivity index (χ4v) is 8.61. The molecule has 3 heteroatoms. The van der Waals surface area contributed by atoms with E-state index in [0.29, 0.717) is 5.92 Å². The Balaban J connectivity index is 1.00. The van der Waals surface area contributed by atoms with E-state index < -0.39 is 0 Å². The third-order valence-electron chi connectivity index (χ3n) is 10.9. The van der Waals surface area contributed by atoms with E-state index in [1.807, 2.05) is 12.1 Å². The highest BCUT2D eigenvalue weighted by molar-refractivity contribution is 6.11. The van der Waals surface area contributed by atoms with Crippen molar-refractivity contribution in [3.05, 3.63) is 188 Å². The predicted octanol–water partition coefficient (Wildman–Crippen LogP) is 12.7. The van der Waals surface area contributed by atoms with Gasteiger partial charge < -0.3 is 13.9 Å². The van der Waals surface area contributed by atoms with Crippen molar-refractivity contribution in [3.63, 3.8) is 0 Å². The molecule has 9 aromatic rings. The van der Waals surface area contributed by atoms with Gasteiger partial charge >= 0.3 is 0 Å². The first-order valence-corrected chi connectivity index (χ1v) is 17.7. The second-order valence-electron chi connectivity index (χ2n) is 13.7. The number of fused-ring (bicyclic) bond motifs is 9. The minimum atomic E-state index is 0.279. The summed E-state index contributed by atoms with van der Waals surface area (Å²) in [7, 11) is 0. The van der Waals surface area contributed by atoms with Crippen molar-refractivity contribution in [2.24, 2.45) is 0 Å². The zero-order chi connectivity index (χ0) is 33.5. The summed E-state index contributed by atoms with van der Waals surface area (Å²) >= 11 is 0. The Labute approximate surface area is 295 Å². The maximum absolute atomic E-state index is 6.37. The molecule has 0 N–H and O–H groups in total. The molecule has 3 heterocycles. The number of aromatic nitrogens is 1. The summed E-state index contributed by atoms with van der Waals surface area (Å²) < 4.78 is 8.76. The Kier molecular flexibility index (Phi) is 6.08. The molecule has 2 aliphatic rings. The number of anilines is 2. The number of hydrogen-bond donors (Lipinski definition) is 0. The number of benzene rings is 7. The Morgan fingerprint density at radius 3 is 2.08 bits per heavy atom. The lowest BCUT2D eigenvalue weighted by atomic mass is 9.89. The van der Waals surface area contributed by atoms with Crippen LogP contribution in [0.15, 0.2) is 186 Å². The molecule has 0 radical (unpaired) electrons. The topological polar surface area (TPSA) is 21.3 Å². The van der Waals surface area contributed by atoms with Crippen LogP contribution in [0, 0.1) is 0 Å². The van der Waals surface area contributed by atoms with E-state index in [2.05, 4.69) is 179 Å². The van der Waals surface area contributed by atoms with Crippen LogP contribution in [-0.2, 0) is 0 Å². The van der Waals surface area contributed by atoms with E-state index in [9.17, 15) is 0 Å². The van der Waals surface area contributed by atoms with Crippen LogP contribution < -0.4 is 4.90 Å². The summed E-state index contributed by atoms with van der Waals surface area (Å²) in [4.78, 5) is 2.49. The minimum Gasteiger partial charge on any atom is -0.455 e. The molecule has 0 saturated carbocycles. The summed E-state index contributed by atoms with van der Waals surface area (Å²) in [6, 6.07) is 57.4. The van der Waals surface area contributed by atoms with Crippen molar-refractivity contribution in [1.82, 2.24) is 4.57 Å². The standard InChI is InChI=1S/C48H32N2O/c1-2-11-34(12-3-1)49-43-18-7-4-13-37(43)41-29-32(23-27-45(41)49)33-24-28-46-42(30-33)38-14-5-8-19-44(38)50(46)35-25-21-31(22-26-35)36-16-10-17-40-39-15-6-9-20-47(39)51-48(36)40/h1-30,37,43H. The summed E-state index contributed by atoms with van der Waals surface area (Å²) in [5.41, 5.74) is 14.0. The molecule has 3 nitrogen and oxygen atoms in total. The lowest BCUT2D eigenvalue weighted by molar-refractivity contribution is 0.670. The molecule has 2 unspecified atom stereocenters. The van der Waals surface area contributed by atoms with Gasteiger partial charge in [-0.2, -0.15) is 0 Å². The molecule has 0 saturated heterocycles. The highest BCUT2D eigenvalue weighted by Crippen LogP contribution is 2.49. The first kappa shape index (κ1) is 28.3. The first-order chi connectivity index (χ1) is 25.3. The Morgan fingerprint density at radius 1 is 0.471 bits per heavy atom. The number of allylic oxidation sites excluding steroid dienone is 2. The van der Waals surface area contributed by atoms with E-state index in [-0.39, 0.29) is 6.04 Å². The molecular formula is C48H32N2O. The normalized spacial score (nSPS) is 16.4. The molecule has 2 aromatic heterocycles. The van der Waals surface area contributed by atoms with Crippen molar-refractivity contribution >= 4 is 55.1 Å². The van der Waals surface area contributed by atoms with Gasteiger partial charge in [0.25, 0.3) is 0 Å². The van der Waals surface area contributed by atoms with Gasteiger partial charge in [0.15, 0.2) is 0 Å². The van der Waals surface area contributed by atoms with Crippen LogP contribution in [0.5, 0.6) is 0 Å². The lowest BCUT2D eigenvalue weighted by Gasteiger charge is -2.28. The maximum atomic E-state index is 6.37. The predicted molar refractivity (Wildman–Crippen MR) is 212 cm³/mol. The van der Waals surface area contributed by atoms with Crippen LogP contribution in [0.25, 0.3) is 71.7 Å². The van der Waals surface area contributed by atoms with E-state index in [0.717, 1.165) is 38.8 Å². The highest BCUT2D eigenvalue weighted by atomic mass is 16.3. The SMILES string of the molecule is C1=CC2c3cc(-c4ccc5c(c4)c4ccccc4n5-c4ccc(-c5cccc6c5oc5ccccc56)cc4)ccc3N(c3ccccc3)C2C=C1. The van der Waals surface area contributed by atoms with Crippen LogP contribution in [-0.4, -0.2) is 10.6 Å². The monoisotopic (exact) mass is 652 g/mol. The molecular weight excluding hydrogens is 621 g/mol. The number of rotatable bonds is 4. The molecule has 11 rings (SSSR count). The van der Waals surface area contributed by atoms with Gasteiger partial charge in [0.05, 0.1) is 17.1 Å². The molecule has 0 bridgehead atoms. The average Bonchev–Trinajstić information content (AvgIpc) is 3.86. The third kappa shape index (κ3) is 4.25. The molecule has 0 amide bonds. The first-order valence-electron chi connectivity index (χ1n) is 17.7. The zero-order valence-corrected chi connectivity index (χ0v) is 27.8. The van der Waals surface area contributed by atoms with E-state index in [1.165, 1.54) is 49.9 Å². The summed E-state index contributed by atoms with van der Waals surface area (Å²) in [5.74, 6) is 0.317. The molecule has 2 atom stereocenters. The fourth-order valence-electron chi connectivity index (χ4n) is 8.61. The van der Waals surface area contributed by atoms with Crippen LogP contribution in [0.3, 0.4) is 0 Å². The molecule has 1 aliphatic carbocycles. The number of hydrogen-bond acceptors (Lipinski definition) is 2. The van der Waals surface area contributed by atoms with Crippen molar-refractivity contribution in [1.29, 1.82) is 0 Å². The number of furan rings is 1. The van der Waals surface area contributed by atoms with E-state index >= 15 is 0 Å². The fraction of sp³-hybridized carbons (Fsp3) is 0.0417. The Hall–Kier alpha value is -6.58. The van der Waals surface area contributed by atoms with Gasteiger partial charge in [0.1, 0.15) is 11.2 Å². The number of para-hydroxylation sites is 4. The van der Waals surface area contributed by atoms with Gasteiger partial charge in [0.2, 0.25) is 0 Å². The summed E-state index contributed by atoms with van der Waals surface area (Å²) in [6.45, 7) is 0. The van der Waals surface area contributed by atoms with Gasteiger partial charge in [0, 0.05) is 50.1 Å². The highest BCUT2D eigenvalue weighted by Gasteiger charge is 2.37. The molecule has 7 aromatic carbocycles. The van der Waals surface area contributed by atoms with Crippen molar-refractivity contribution < 1.29 is 4.42 Å². The third-order valence-corrected chi connectivity index (χ3v) is 10.9. The van der Waals surface area contributed by atoms with E-state index in [1.54, 1.807) is 0 Å². The van der Waals surface area contributed by atoms with Gasteiger partial charge in [-0.05, 0) is 82.9 Å². The smallest absolute Gasteiger partial charge is 0.143 e. The largest absolute Gasteiger partial charge is 0.455 e. The van der Waals surface area contributed by atoms with Crippen molar-refractivity contribution in [3.8, 4) is 27.9 Å². The average molecular weight is 653 g/mol. The van der Waals surface area contributed by atoms with E-state index in [4.69, 9.17) is 4.42 Å². The van der Waals surface area contributed by atoms with Crippen molar-refractivity contribution in [2.45, 2.75) is 12.0 Å². The van der Waals surface area contributed by atoms with Crippen LogP contribution >= 0.6 is 0 Å². The second-order valence-corrected chi connectivity index (χ2v) is 13.7. The lowest BCUT2D eigenvalue weighted by Crippen LogP contribution is -2.28. The van der Waals surface area contributed by atoms with Gasteiger partial charge in [-0.25, -0.2) is 0 Å². The Bertz CT molecular complexity index is 2870. The summed E-state index contributed by atoms with van der Waals surface area (Å²) in [5, 5.41) is 4.80. The maximum Gasteiger partial charge on any atom is 0.143 e. The number of nitrogens with zero attached hydrogens (tertiary/aromatic N) is 2. The van der Waals surface area contributed by atoms with Crippen LogP contribution in [0.2, 0.25) is 0 Å². The molecule has 0 fully saturated rings. The minimum absolute atomic E-state index is 0.279. The molecule has 240 valence electrons. The molecule has 1 aliphatic heterocycles. The van der Waals surface area contributed by atoms with Gasteiger partial charge in [-0.3, -0.25) is 0 Å². The van der Waals surface area contributed by atoms with Crippen molar-refractivity contribution in [2.75, 3.05) is 4.90 Å². The Morgan fingerprint density at radius 2 is 1.18 bits per heavy atom. The molecule has 51 heavy (non-hydrogen) atoms. The molecule has 0 spiro atoms.